The zero-order chi connectivity index (χ0) is 78.0. The molecular formula is C80H102N18O6S9. The number of thiophene rings is 5. The fourth-order valence-corrected chi connectivity index (χ4v) is 22.8. The van der Waals surface area contributed by atoms with Crippen molar-refractivity contribution >= 4 is 152 Å². The van der Waals surface area contributed by atoms with E-state index in [9.17, 15) is 24.0 Å². The fraction of sp³-hybridized carbons (Fsp3) is 0.588. The van der Waals surface area contributed by atoms with E-state index in [0.717, 1.165) is 108 Å². The number of Topliss-reactive ketones (excluding diaryl/α,β-unsaturated/α-hetero) is 1. The molecule has 0 radical (unpaired) electrons. The van der Waals surface area contributed by atoms with Gasteiger partial charge in [-0.25, -0.2) is 0 Å². The number of hydrogen-bond donors (Lipinski definition) is 10. The van der Waals surface area contributed by atoms with Crippen LogP contribution in [-0.4, -0.2) is 150 Å². The molecule has 4 amide bonds. The van der Waals surface area contributed by atoms with Gasteiger partial charge in [0.2, 0.25) is 20.5 Å². The molecule has 33 heteroatoms. The standard InChI is InChI=1S/C18H26N2O2S.C17H21N3OS2.C16H20N4OS2.C15H18N4OS2.C14H17N5OS2/c1-11-14(15-9-16(15)19-12-3-2-4-12)10-17(23-11)18(21)20-13-5-7-22-8-6-13;1-9-12(13-6-14(13)18-11-4-3-5-11)7-16(22-9)15(21)8-17-20-19-10(2)23-17;1-8-11(15(21)18-16-20-19-9(2)23-16)6-14(22-8)12-5-13(12)17-7-10-3-4-10;1-8-18-19-15(22-8)17-14(20)13-5-9(7-21-13)11-6-12(11)16-10-3-2-4-10;15-13-18-19-14(22-13)17-12(20)7-4-11(21-6-7)9-5-10(9)16-8-2-1-3-8/h10,12-13,15-16,19H,2-9H2,1H3,(H,20,21);7,11,13-14,18H,3-6,8H2,1-2H3;6,10,12-13,17H,3-5,7H2,1-2H3,(H,18,20,21);5,7,10-12,16H,2-4,6H2,1H3,(H,17,19,20);4,6,8-10,16H,1-3,5H2,(H2,15,18)(H,17,19,20)/t15-,16+;13-,14+;;11-,12+;/m01.0./s1. The summed E-state index contributed by atoms with van der Waals surface area (Å²) in [4.78, 5) is 70.6. The number of ether oxygens (including phenoxy) is 1. The molecule has 11 aliphatic rings. The summed E-state index contributed by atoms with van der Waals surface area (Å²) in [6.45, 7) is 14.7. The number of anilines is 4. The smallest absolute Gasteiger partial charge is 0.267 e. The number of ketones is 1. The monoisotopic (exact) mass is 1700 g/mol. The van der Waals surface area contributed by atoms with E-state index in [2.05, 4.69) is 126 Å². The molecule has 10 saturated carbocycles. The highest BCUT2D eigenvalue weighted by atomic mass is 32.1. The number of nitrogen functional groups attached to an aromatic ring is 1. The van der Waals surface area contributed by atoms with E-state index in [-0.39, 0.29) is 35.5 Å². The van der Waals surface area contributed by atoms with Gasteiger partial charge in [0.05, 0.1) is 32.2 Å². The molecule has 0 aromatic carbocycles. The topological polar surface area (TPSA) is 332 Å². The second-order valence-corrected chi connectivity index (χ2v) is 42.6. The number of carbonyl (C=O) groups excluding carboxylic acids is 5. The summed E-state index contributed by atoms with van der Waals surface area (Å²) < 4.78 is 5.35. The van der Waals surface area contributed by atoms with E-state index < -0.39 is 0 Å². The highest BCUT2D eigenvalue weighted by Gasteiger charge is 2.46. The van der Waals surface area contributed by atoms with Crippen molar-refractivity contribution < 1.29 is 28.7 Å². The van der Waals surface area contributed by atoms with Crippen LogP contribution in [0.4, 0.5) is 20.5 Å². The lowest BCUT2D eigenvalue weighted by Gasteiger charge is -2.26. The number of amides is 4. The summed E-state index contributed by atoms with van der Waals surface area (Å²) in [5, 5.41) is 70.8. The van der Waals surface area contributed by atoms with Gasteiger partial charge in [0.1, 0.15) is 20.0 Å². The lowest BCUT2D eigenvalue weighted by atomic mass is 9.93. The van der Waals surface area contributed by atoms with Crippen LogP contribution in [0, 0.1) is 47.5 Å². The predicted molar refractivity (Wildman–Crippen MR) is 457 cm³/mol. The van der Waals surface area contributed by atoms with Crippen LogP contribution in [0.2, 0.25) is 0 Å². The van der Waals surface area contributed by atoms with Gasteiger partial charge in [-0.3, -0.25) is 39.9 Å². The van der Waals surface area contributed by atoms with Gasteiger partial charge in [0.15, 0.2) is 5.78 Å². The van der Waals surface area contributed by atoms with E-state index in [1.54, 1.807) is 45.3 Å². The molecule has 11 N–H and O–H groups in total. The van der Waals surface area contributed by atoms with Crippen molar-refractivity contribution in [3.05, 3.63) is 128 Å². The second-order valence-electron chi connectivity index (χ2n) is 32.4. The molecule has 11 fully saturated rings. The van der Waals surface area contributed by atoms with Gasteiger partial charge >= 0.3 is 0 Å². The minimum Gasteiger partial charge on any atom is -0.381 e. The second kappa shape index (κ2) is 36.4. The third-order valence-electron chi connectivity index (χ3n) is 23.4. The van der Waals surface area contributed by atoms with Crippen molar-refractivity contribution in [2.24, 2.45) is 5.92 Å². The minimum absolute atomic E-state index is 0.0794. The first-order valence-electron chi connectivity index (χ1n) is 40.4. The van der Waals surface area contributed by atoms with Gasteiger partial charge in [0.25, 0.3) is 23.6 Å². The Morgan fingerprint density at radius 1 is 0.434 bits per heavy atom. The zero-order valence-corrected chi connectivity index (χ0v) is 72.1. The highest BCUT2D eigenvalue weighted by Crippen LogP contribution is 2.50. The number of carbonyl (C=O) groups is 5. The fourth-order valence-electron chi connectivity index (χ4n) is 15.2. The zero-order valence-electron chi connectivity index (χ0n) is 64.7. The highest BCUT2D eigenvalue weighted by molar-refractivity contribution is 7.19. The van der Waals surface area contributed by atoms with Crippen LogP contribution in [0.15, 0.2) is 41.1 Å². The molecule has 10 heterocycles. The van der Waals surface area contributed by atoms with Crippen molar-refractivity contribution in [1.82, 2.24) is 72.7 Å². The quantitative estimate of drug-likeness (QED) is 0.0214. The first-order valence-corrected chi connectivity index (χ1v) is 47.8. The third kappa shape index (κ3) is 21.6. The Bertz CT molecular complexity index is 4670. The molecular weight excluding hydrogens is 1600 g/mol. The van der Waals surface area contributed by atoms with E-state index in [1.165, 1.54) is 215 Å². The molecule has 0 bridgehead atoms. The lowest BCUT2D eigenvalue weighted by molar-refractivity contribution is 0.0697. The van der Waals surface area contributed by atoms with Crippen molar-refractivity contribution in [3.8, 4) is 0 Å². The van der Waals surface area contributed by atoms with Crippen LogP contribution >= 0.6 is 102 Å². The van der Waals surface area contributed by atoms with Gasteiger partial charge < -0.3 is 42.4 Å². The third-order valence-corrected chi connectivity index (χ3v) is 31.8. The lowest BCUT2D eigenvalue weighted by Crippen LogP contribution is -2.38. The average molecular weight is 1700 g/mol. The SMILES string of the molecule is Cc1nnc(CC(=O)c2cc([C@H]3C[C@@H]3NC3CCC3)c(C)s2)s1.Cc1nnc(NC(=O)c2cc(C3CC3NCC3CC3)sc2C)s1.Cc1nnc(NC(=O)c2cc([C@@H]3C[C@H]3NC3CCC3)cs2)s1.Cc1sc(C(=O)NC2CCOCC2)cc1[C@@H]1C[C@H]1NC1CCC1.Nc1nnc(NC(=O)c2csc(C3CC3NC3CCC3)c2)s1. The van der Waals surface area contributed by atoms with Crippen LogP contribution < -0.4 is 53.6 Å². The maximum atomic E-state index is 12.5. The Balaban J connectivity index is 0.000000107. The number of nitrogens with one attached hydrogen (secondary N) is 9. The van der Waals surface area contributed by atoms with Crippen molar-refractivity contribution in [3.63, 3.8) is 0 Å². The number of rotatable bonds is 27. The number of nitrogens with zero attached hydrogens (tertiary/aromatic N) is 8. The Hall–Kier alpha value is -6.15. The number of nitrogens with two attached hydrogens (primary N) is 1. The molecule has 9 aromatic rings. The van der Waals surface area contributed by atoms with Crippen LogP contribution in [0.1, 0.15) is 275 Å². The molecule has 10 atom stereocenters. The van der Waals surface area contributed by atoms with Gasteiger partial charge in [-0.1, -0.05) is 59.7 Å². The van der Waals surface area contributed by atoms with E-state index in [0.29, 0.717) is 92.3 Å². The largest absolute Gasteiger partial charge is 0.381 e. The maximum Gasteiger partial charge on any atom is 0.267 e. The van der Waals surface area contributed by atoms with Crippen molar-refractivity contribution in [2.75, 3.05) is 41.4 Å². The molecule has 4 unspecified atom stereocenters. The molecule has 1 aliphatic heterocycles. The van der Waals surface area contributed by atoms with Crippen molar-refractivity contribution in [1.29, 1.82) is 0 Å². The molecule has 1 saturated heterocycles. The van der Waals surface area contributed by atoms with Gasteiger partial charge in [-0.05, 0) is 216 Å². The van der Waals surface area contributed by atoms with Gasteiger partial charge in [0, 0.05) is 133 Å². The summed E-state index contributed by atoms with van der Waals surface area (Å²) in [6, 6.07) is 16.7. The maximum absolute atomic E-state index is 12.5. The first-order chi connectivity index (χ1) is 54.8. The van der Waals surface area contributed by atoms with E-state index in [1.807, 2.05) is 45.2 Å². The summed E-state index contributed by atoms with van der Waals surface area (Å²) in [6.07, 6.45) is 27.1. The summed E-state index contributed by atoms with van der Waals surface area (Å²) in [5.74, 6) is 3.84. The molecule has 24 nitrogen and oxygen atoms in total. The Morgan fingerprint density at radius 2 is 0.947 bits per heavy atom. The van der Waals surface area contributed by atoms with E-state index >= 15 is 0 Å². The molecule has 9 aromatic heterocycles. The molecule has 113 heavy (non-hydrogen) atoms. The summed E-state index contributed by atoms with van der Waals surface area (Å²) in [7, 11) is 0. The van der Waals surface area contributed by atoms with Crippen LogP contribution in [0.25, 0.3) is 0 Å². The van der Waals surface area contributed by atoms with E-state index in [4.69, 9.17) is 10.5 Å². The van der Waals surface area contributed by atoms with Gasteiger partial charge in [-0.2, -0.15) is 0 Å². The minimum atomic E-state index is -0.150. The first kappa shape index (κ1) is 80.6. The molecule has 0 spiro atoms. The van der Waals surface area contributed by atoms with Gasteiger partial charge in [-0.15, -0.1) is 109 Å². The molecule has 10 aliphatic carbocycles. The normalized spacial score (nSPS) is 24.7. The number of aromatic nitrogens is 8. The number of hydrogen-bond acceptors (Lipinski definition) is 29. The Kier molecular flexibility index (Phi) is 26.0. The molecule has 20 rings (SSSR count). The van der Waals surface area contributed by atoms with Crippen molar-refractivity contribution in [2.45, 2.75) is 273 Å². The average Bonchev–Trinajstić information content (AvgIpc) is 1.60. The predicted octanol–water partition coefficient (Wildman–Crippen LogP) is 15.5. The summed E-state index contributed by atoms with van der Waals surface area (Å²) >= 11 is 13.7. The molecule has 602 valence electrons. The van der Waals surface area contributed by atoms with Crippen LogP contribution in [0.3, 0.4) is 0 Å². The van der Waals surface area contributed by atoms with Crippen LogP contribution in [0.5, 0.6) is 0 Å². The van der Waals surface area contributed by atoms with Crippen LogP contribution in [-0.2, 0) is 11.2 Å². The Morgan fingerprint density at radius 3 is 1.50 bits per heavy atom. The number of aryl methyl sites for hydroxylation is 6. The Labute approximate surface area is 695 Å². The summed E-state index contributed by atoms with van der Waals surface area (Å²) in [5.41, 5.74) is 11.0.